The Morgan fingerprint density at radius 2 is 1.94 bits per heavy atom. The Morgan fingerprint density at radius 3 is 2.72 bits per heavy atom. The number of benzene rings is 2. The topological polar surface area (TPSA) is 9.23 Å². The summed E-state index contributed by atoms with van der Waals surface area (Å²) in [7, 11) is 0. The van der Waals surface area contributed by atoms with Crippen LogP contribution in [-0.2, 0) is 0 Å². The lowest BCUT2D eigenvalue weighted by Crippen LogP contribution is -2.00. The lowest BCUT2D eigenvalue weighted by Gasteiger charge is -2.06. The van der Waals surface area contributed by atoms with E-state index >= 15 is 0 Å². The second-order valence-corrected chi connectivity index (χ2v) is 5.64. The van der Waals surface area contributed by atoms with Crippen LogP contribution in [0, 0.1) is 5.82 Å². The average Bonchev–Trinajstić information content (AvgIpc) is 2.37. The van der Waals surface area contributed by atoms with Gasteiger partial charge in [0.05, 0.1) is 6.61 Å². The SMILES string of the molecule is Fc1ccccc1SCCOc1cccc(Br)c1. The maximum atomic E-state index is 13.3. The number of ether oxygens (including phenoxy) is 1. The summed E-state index contributed by atoms with van der Waals surface area (Å²) >= 11 is 4.84. The molecule has 0 atom stereocenters. The van der Waals surface area contributed by atoms with Crippen LogP contribution < -0.4 is 4.74 Å². The Labute approximate surface area is 118 Å². The number of hydrogen-bond acceptors (Lipinski definition) is 2. The van der Waals surface area contributed by atoms with Gasteiger partial charge >= 0.3 is 0 Å². The Kier molecular flexibility index (Phi) is 5.08. The standard InChI is InChI=1S/C14H12BrFOS/c15-11-4-3-5-12(10-11)17-8-9-18-14-7-2-1-6-13(14)16/h1-7,10H,8-9H2. The van der Waals surface area contributed by atoms with Crippen LogP contribution in [0.4, 0.5) is 4.39 Å². The van der Waals surface area contributed by atoms with Gasteiger partial charge in [0.1, 0.15) is 11.6 Å². The van der Waals surface area contributed by atoms with Gasteiger partial charge in [-0.1, -0.05) is 34.1 Å². The molecule has 0 heterocycles. The van der Waals surface area contributed by atoms with Crippen LogP contribution in [0.5, 0.6) is 5.75 Å². The average molecular weight is 327 g/mol. The molecule has 1 nitrogen and oxygen atoms in total. The van der Waals surface area contributed by atoms with Gasteiger partial charge in [0.25, 0.3) is 0 Å². The van der Waals surface area contributed by atoms with Crippen LogP contribution in [0.3, 0.4) is 0 Å². The molecule has 0 saturated carbocycles. The Bertz CT molecular complexity index is 519. The molecule has 0 N–H and O–H groups in total. The summed E-state index contributed by atoms with van der Waals surface area (Å²) in [5.41, 5.74) is 0. The van der Waals surface area contributed by atoms with E-state index in [9.17, 15) is 4.39 Å². The summed E-state index contributed by atoms with van der Waals surface area (Å²) in [4.78, 5) is 0.662. The molecule has 2 rings (SSSR count). The van der Waals surface area contributed by atoms with E-state index in [1.165, 1.54) is 17.8 Å². The zero-order valence-corrected chi connectivity index (χ0v) is 12.0. The summed E-state index contributed by atoms with van der Waals surface area (Å²) < 4.78 is 19.9. The Balaban J connectivity index is 1.78. The minimum Gasteiger partial charge on any atom is -0.493 e. The normalized spacial score (nSPS) is 10.3. The van der Waals surface area contributed by atoms with Crippen molar-refractivity contribution < 1.29 is 9.13 Å². The highest BCUT2D eigenvalue weighted by Gasteiger charge is 2.01. The van der Waals surface area contributed by atoms with E-state index in [-0.39, 0.29) is 5.82 Å². The Morgan fingerprint density at radius 1 is 1.11 bits per heavy atom. The molecule has 0 amide bonds. The maximum absolute atomic E-state index is 13.3. The van der Waals surface area contributed by atoms with E-state index in [4.69, 9.17) is 4.74 Å². The van der Waals surface area contributed by atoms with Gasteiger partial charge < -0.3 is 4.74 Å². The highest BCUT2D eigenvalue weighted by atomic mass is 79.9. The van der Waals surface area contributed by atoms with Crippen molar-refractivity contribution in [2.24, 2.45) is 0 Å². The van der Waals surface area contributed by atoms with Crippen molar-refractivity contribution in [2.45, 2.75) is 4.90 Å². The van der Waals surface area contributed by atoms with E-state index < -0.39 is 0 Å². The smallest absolute Gasteiger partial charge is 0.136 e. The van der Waals surface area contributed by atoms with Crippen LogP contribution in [0.2, 0.25) is 0 Å². The molecule has 2 aromatic carbocycles. The van der Waals surface area contributed by atoms with Crippen molar-refractivity contribution in [3.05, 3.63) is 58.8 Å². The molecule has 0 aliphatic carbocycles. The molecule has 0 aliphatic rings. The fourth-order valence-electron chi connectivity index (χ4n) is 1.43. The van der Waals surface area contributed by atoms with Crippen LogP contribution in [0.15, 0.2) is 57.9 Å². The molecule has 2 aromatic rings. The van der Waals surface area contributed by atoms with Crippen molar-refractivity contribution in [3.63, 3.8) is 0 Å². The molecular weight excluding hydrogens is 315 g/mol. The molecule has 0 unspecified atom stereocenters. The number of halogens is 2. The molecule has 0 bridgehead atoms. The molecule has 0 saturated heterocycles. The predicted octanol–water partition coefficient (Wildman–Crippen LogP) is 4.76. The van der Waals surface area contributed by atoms with Crippen molar-refractivity contribution in [1.82, 2.24) is 0 Å². The van der Waals surface area contributed by atoms with Crippen molar-refractivity contribution in [1.29, 1.82) is 0 Å². The fraction of sp³-hybridized carbons (Fsp3) is 0.143. The maximum Gasteiger partial charge on any atom is 0.136 e. The third-order valence-corrected chi connectivity index (χ3v) is 3.75. The van der Waals surface area contributed by atoms with Gasteiger partial charge in [0.2, 0.25) is 0 Å². The van der Waals surface area contributed by atoms with E-state index in [2.05, 4.69) is 15.9 Å². The van der Waals surface area contributed by atoms with Crippen molar-refractivity contribution >= 4 is 27.7 Å². The molecule has 0 fully saturated rings. The van der Waals surface area contributed by atoms with Gasteiger partial charge in [-0.05, 0) is 30.3 Å². The summed E-state index contributed by atoms with van der Waals surface area (Å²) in [6.07, 6.45) is 0. The predicted molar refractivity (Wildman–Crippen MR) is 76.8 cm³/mol. The van der Waals surface area contributed by atoms with E-state index in [1.807, 2.05) is 30.3 Å². The second-order valence-electron chi connectivity index (χ2n) is 3.58. The number of hydrogen-bond donors (Lipinski definition) is 0. The van der Waals surface area contributed by atoms with Gasteiger partial charge in [-0.2, -0.15) is 0 Å². The minimum atomic E-state index is -0.176. The monoisotopic (exact) mass is 326 g/mol. The molecule has 0 radical (unpaired) electrons. The number of rotatable bonds is 5. The highest BCUT2D eigenvalue weighted by Crippen LogP contribution is 2.22. The first-order valence-corrected chi connectivity index (χ1v) is 7.29. The van der Waals surface area contributed by atoms with E-state index in [1.54, 1.807) is 12.1 Å². The minimum absolute atomic E-state index is 0.176. The summed E-state index contributed by atoms with van der Waals surface area (Å²) in [5, 5.41) is 0. The van der Waals surface area contributed by atoms with Gasteiger partial charge in [-0.25, -0.2) is 4.39 Å². The van der Waals surface area contributed by atoms with E-state index in [0.29, 0.717) is 17.3 Å². The highest BCUT2D eigenvalue weighted by molar-refractivity contribution is 9.10. The fourth-order valence-corrected chi connectivity index (χ4v) is 2.58. The van der Waals surface area contributed by atoms with E-state index in [0.717, 1.165) is 10.2 Å². The quantitative estimate of drug-likeness (QED) is 0.578. The summed E-state index contributed by atoms with van der Waals surface area (Å²) in [6, 6.07) is 14.4. The van der Waals surface area contributed by atoms with Crippen LogP contribution in [0.25, 0.3) is 0 Å². The van der Waals surface area contributed by atoms with Gasteiger partial charge in [-0.3, -0.25) is 0 Å². The van der Waals surface area contributed by atoms with Crippen LogP contribution in [0.1, 0.15) is 0 Å². The first-order valence-electron chi connectivity index (χ1n) is 5.51. The molecule has 4 heteroatoms. The first kappa shape index (κ1) is 13.4. The molecular formula is C14H12BrFOS. The molecule has 0 aliphatic heterocycles. The molecule has 94 valence electrons. The molecule has 0 aromatic heterocycles. The third-order valence-electron chi connectivity index (χ3n) is 2.24. The first-order chi connectivity index (χ1) is 8.75. The van der Waals surface area contributed by atoms with Crippen molar-refractivity contribution in [2.75, 3.05) is 12.4 Å². The summed E-state index contributed by atoms with van der Waals surface area (Å²) in [5.74, 6) is 1.36. The van der Waals surface area contributed by atoms with Crippen molar-refractivity contribution in [3.8, 4) is 5.75 Å². The van der Waals surface area contributed by atoms with Gasteiger partial charge in [-0.15, -0.1) is 11.8 Å². The Hall–Kier alpha value is -1.00. The largest absolute Gasteiger partial charge is 0.493 e. The van der Waals surface area contributed by atoms with Gasteiger partial charge in [0, 0.05) is 15.1 Å². The second kappa shape index (κ2) is 6.81. The van der Waals surface area contributed by atoms with Crippen LogP contribution in [-0.4, -0.2) is 12.4 Å². The lowest BCUT2D eigenvalue weighted by molar-refractivity contribution is 0.343. The van der Waals surface area contributed by atoms with Crippen LogP contribution >= 0.6 is 27.7 Å². The zero-order chi connectivity index (χ0) is 12.8. The summed E-state index contributed by atoms with van der Waals surface area (Å²) in [6.45, 7) is 0.551. The molecule has 0 spiro atoms. The third kappa shape index (κ3) is 4.03. The van der Waals surface area contributed by atoms with Gasteiger partial charge in [0.15, 0.2) is 0 Å². The molecule has 18 heavy (non-hydrogen) atoms. The zero-order valence-electron chi connectivity index (χ0n) is 9.61. The number of thioether (sulfide) groups is 1. The lowest BCUT2D eigenvalue weighted by atomic mass is 10.3.